The molecule has 0 fully saturated rings. The molecule has 0 aliphatic carbocycles. The molecule has 1 atom stereocenters. The van der Waals surface area contributed by atoms with Crippen LogP contribution in [0.15, 0.2) is 4.99 Å². The van der Waals surface area contributed by atoms with Crippen molar-refractivity contribution in [3.8, 4) is 0 Å². The SMILES string of the molecule is CN=C(NCCNC(C)(C)C)NC(C)CCCC(C)C. The molecule has 0 aromatic heterocycles. The lowest BCUT2D eigenvalue weighted by atomic mass is 10.0. The Morgan fingerprint density at radius 3 is 2.20 bits per heavy atom. The molecule has 0 rings (SSSR count). The fourth-order valence-corrected chi connectivity index (χ4v) is 1.95. The summed E-state index contributed by atoms with van der Waals surface area (Å²) in [6.07, 6.45) is 3.76. The first-order valence-corrected chi connectivity index (χ1v) is 7.97. The van der Waals surface area contributed by atoms with Crippen LogP contribution in [-0.2, 0) is 0 Å². The average molecular weight is 284 g/mol. The second kappa shape index (κ2) is 10.0. The van der Waals surface area contributed by atoms with Gasteiger partial charge in [-0.25, -0.2) is 0 Å². The summed E-state index contributed by atoms with van der Waals surface area (Å²) in [5.41, 5.74) is 0.169. The summed E-state index contributed by atoms with van der Waals surface area (Å²) in [5, 5.41) is 10.3. The molecule has 0 aliphatic rings. The minimum Gasteiger partial charge on any atom is -0.355 e. The van der Waals surface area contributed by atoms with E-state index >= 15 is 0 Å². The Balaban J connectivity index is 3.81. The fourth-order valence-electron chi connectivity index (χ4n) is 1.95. The molecular weight excluding hydrogens is 248 g/mol. The molecule has 0 aromatic rings. The highest BCUT2D eigenvalue weighted by Gasteiger charge is 2.08. The third-order valence-electron chi connectivity index (χ3n) is 3.10. The summed E-state index contributed by atoms with van der Waals surface area (Å²) in [4.78, 5) is 4.27. The molecule has 0 bridgehead atoms. The molecule has 0 amide bonds. The van der Waals surface area contributed by atoms with Crippen LogP contribution >= 0.6 is 0 Å². The minimum absolute atomic E-state index is 0.169. The molecule has 20 heavy (non-hydrogen) atoms. The van der Waals surface area contributed by atoms with Crippen molar-refractivity contribution in [2.24, 2.45) is 10.9 Å². The molecule has 4 heteroatoms. The highest BCUT2D eigenvalue weighted by molar-refractivity contribution is 5.79. The summed E-state index contributed by atoms with van der Waals surface area (Å²) in [6, 6.07) is 0.468. The predicted octanol–water partition coefficient (Wildman–Crippen LogP) is 2.75. The van der Waals surface area contributed by atoms with Crippen LogP contribution in [0.2, 0.25) is 0 Å². The van der Waals surface area contributed by atoms with Gasteiger partial charge in [0, 0.05) is 31.7 Å². The Bertz CT molecular complexity index is 266. The number of hydrogen-bond donors (Lipinski definition) is 3. The first-order chi connectivity index (χ1) is 9.24. The number of nitrogens with one attached hydrogen (secondary N) is 3. The van der Waals surface area contributed by atoms with Gasteiger partial charge in [0.25, 0.3) is 0 Å². The molecule has 0 saturated carbocycles. The van der Waals surface area contributed by atoms with E-state index in [1.165, 1.54) is 19.3 Å². The monoisotopic (exact) mass is 284 g/mol. The van der Waals surface area contributed by atoms with E-state index in [4.69, 9.17) is 0 Å². The van der Waals surface area contributed by atoms with Crippen LogP contribution in [-0.4, -0.2) is 37.7 Å². The molecule has 0 aliphatic heterocycles. The van der Waals surface area contributed by atoms with Crippen LogP contribution in [0.4, 0.5) is 0 Å². The number of nitrogens with zero attached hydrogens (tertiary/aromatic N) is 1. The Labute approximate surface area is 126 Å². The molecule has 3 N–H and O–H groups in total. The Kier molecular flexibility index (Phi) is 9.64. The molecule has 4 nitrogen and oxygen atoms in total. The van der Waals surface area contributed by atoms with Crippen molar-refractivity contribution in [2.45, 2.75) is 72.4 Å². The second-order valence-electron chi connectivity index (χ2n) is 7.05. The maximum absolute atomic E-state index is 4.27. The lowest BCUT2D eigenvalue weighted by molar-refractivity contribution is 0.427. The van der Waals surface area contributed by atoms with Crippen molar-refractivity contribution in [3.05, 3.63) is 0 Å². The standard InChI is InChI=1S/C16H36N4/c1-13(2)9-8-10-14(3)20-15(17-7)18-11-12-19-16(4,5)6/h13-14,19H,8-12H2,1-7H3,(H2,17,18,20). The number of aliphatic imine (C=N–C) groups is 1. The van der Waals surface area contributed by atoms with E-state index in [1.807, 2.05) is 7.05 Å². The van der Waals surface area contributed by atoms with Crippen LogP contribution in [0, 0.1) is 5.92 Å². The van der Waals surface area contributed by atoms with E-state index in [1.54, 1.807) is 0 Å². The molecule has 0 saturated heterocycles. The predicted molar refractivity (Wildman–Crippen MR) is 90.4 cm³/mol. The molecular formula is C16H36N4. The van der Waals surface area contributed by atoms with E-state index in [9.17, 15) is 0 Å². The second-order valence-corrected chi connectivity index (χ2v) is 7.05. The molecule has 0 aromatic carbocycles. The quantitative estimate of drug-likeness (QED) is 0.365. The highest BCUT2D eigenvalue weighted by Crippen LogP contribution is 2.08. The van der Waals surface area contributed by atoms with Crippen LogP contribution in [0.25, 0.3) is 0 Å². The van der Waals surface area contributed by atoms with Crippen molar-refractivity contribution in [1.29, 1.82) is 0 Å². The van der Waals surface area contributed by atoms with Gasteiger partial charge in [-0.3, -0.25) is 4.99 Å². The molecule has 120 valence electrons. The largest absolute Gasteiger partial charge is 0.355 e. The van der Waals surface area contributed by atoms with E-state index < -0.39 is 0 Å². The lowest BCUT2D eigenvalue weighted by Gasteiger charge is -2.22. The van der Waals surface area contributed by atoms with Gasteiger partial charge in [0.2, 0.25) is 0 Å². The summed E-state index contributed by atoms with van der Waals surface area (Å²) in [7, 11) is 1.83. The van der Waals surface area contributed by atoms with Crippen LogP contribution in [0.5, 0.6) is 0 Å². The first-order valence-electron chi connectivity index (χ1n) is 7.97. The number of guanidine groups is 1. The molecule has 0 heterocycles. The van der Waals surface area contributed by atoms with Crippen molar-refractivity contribution in [3.63, 3.8) is 0 Å². The zero-order valence-corrected chi connectivity index (χ0v) is 14.6. The van der Waals surface area contributed by atoms with Gasteiger partial charge in [-0.1, -0.05) is 26.7 Å². The molecule has 1 unspecified atom stereocenters. The van der Waals surface area contributed by atoms with Gasteiger partial charge in [0.15, 0.2) is 5.96 Å². The zero-order chi connectivity index (χ0) is 15.6. The highest BCUT2D eigenvalue weighted by atomic mass is 15.2. The van der Waals surface area contributed by atoms with Crippen LogP contribution in [0.3, 0.4) is 0 Å². The summed E-state index contributed by atoms with van der Waals surface area (Å²) in [6.45, 7) is 15.1. The number of hydrogen-bond acceptors (Lipinski definition) is 2. The van der Waals surface area contributed by atoms with Crippen LogP contribution < -0.4 is 16.0 Å². The smallest absolute Gasteiger partial charge is 0.191 e. The summed E-state index contributed by atoms with van der Waals surface area (Å²) >= 11 is 0. The molecule has 0 radical (unpaired) electrons. The van der Waals surface area contributed by atoms with Crippen molar-refractivity contribution < 1.29 is 0 Å². The van der Waals surface area contributed by atoms with Crippen LogP contribution in [0.1, 0.15) is 60.8 Å². The Hall–Kier alpha value is -0.770. The van der Waals surface area contributed by atoms with Gasteiger partial charge in [-0.05, 0) is 40.0 Å². The van der Waals surface area contributed by atoms with Gasteiger partial charge in [0.05, 0.1) is 0 Å². The van der Waals surface area contributed by atoms with E-state index in [0.29, 0.717) is 6.04 Å². The van der Waals surface area contributed by atoms with Gasteiger partial charge in [-0.15, -0.1) is 0 Å². The van der Waals surface area contributed by atoms with Gasteiger partial charge < -0.3 is 16.0 Å². The van der Waals surface area contributed by atoms with Crippen molar-refractivity contribution in [1.82, 2.24) is 16.0 Å². The Morgan fingerprint density at radius 2 is 1.70 bits per heavy atom. The Morgan fingerprint density at radius 1 is 1.05 bits per heavy atom. The molecule has 0 spiro atoms. The zero-order valence-electron chi connectivity index (χ0n) is 14.6. The first kappa shape index (κ1) is 19.2. The third kappa shape index (κ3) is 12.3. The third-order valence-corrected chi connectivity index (χ3v) is 3.10. The van der Waals surface area contributed by atoms with Gasteiger partial charge in [-0.2, -0.15) is 0 Å². The van der Waals surface area contributed by atoms with Gasteiger partial charge in [0.1, 0.15) is 0 Å². The van der Waals surface area contributed by atoms with Crippen molar-refractivity contribution in [2.75, 3.05) is 20.1 Å². The summed E-state index contributed by atoms with van der Waals surface area (Å²) in [5.74, 6) is 1.70. The normalized spacial score (nSPS) is 14.5. The average Bonchev–Trinajstić information content (AvgIpc) is 2.31. The maximum Gasteiger partial charge on any atom is 0.191 e. The maximum atomic E-state index is 4.27. The van der Waals surface area contributed by atoms with E-state index in [0.717, 1.165) is 25.0 Å². The van der Waals surface area contributed by atoms with Crippen molar-refractivity contribution >= 4 is 5.96 Å². The van der Waals surface area contributed by atoms with Gasteiger partial charge >= 0.3 is 0 Å². The minimum atomic E-state index is 0.169. The summed E-state index contributed by atoms with van der Waals surface area (Å²) < 4.78 is 0. The fraction of sp³-hybridized carbons (Fsp3) is 0.938. The van der Waals surface area contributed by atoms with E-state index in [-0.39, 0.29) is 5.54 Å². The topological polar surface area (TPSA) is 48.5 Å². The van der Waals surface area contributed by atoms with E-state index in [2.05, 4.69) is 62.5 Å². The number of rotatable bonds is 8. The lowest BCUT2D eigenvalue weighted by Crippen LogP contribution is -2.46.